The summed E-state index contributed by atoms with van der Waals surface area (Å²) < 4.78 is 16.6. The Kier molecular flexibility index (Phi) is 8.20. The van der Waals surface area contributed by atoms with Crippen LogP contribution in [0.3, 0.4) is 0 Å². The Balaban J connectivity index is 1.33. The number of nitrogens with one attached hydrogen (secondary N) is 1. The van der Waals surface area contributed by atoms with Crippen LogP contribution in [0, 0.1) is 5.92 Å². The molecule has 39 heavy (non-hydrogen) atoms. The fraction of sp³-hybridized carbons (Fsp3) is 0.394. The molecular formula is C33H37NO5. The van der Waals surface area contributed by atoms with Gasteiger partial charge in [0.15, 0.2) is 0 Å². The Labute approximate surface area is 230 Å². The summed E-state index contributed by atoms with van der Waals surface area (Å²) in [6.45, 7) is 2.49. The van der Waals surface area contributed by atoms with E-state index in [1.54, 1.807) is 7.11 Å². The van der Waals surface area contributed by atoms with Gasteiger partial charge in [-0.15, -0.1) is 0 Å². The number of hydrogen-bond donors (Lipinski definition) is 1. The minimum absolute atomic E-state index is 0.0566. The van der Waals surface area contributed by atoms with Gasteiger partial charge < -0.3 is 19.5 Å². The summed E-state index contributed by atoms with van der Waals surface area (Å²) in [6.07, 6.45) is 6.12. The van der Waals surface area contributed by atoms with Crippen LogP contribution in [-0.2, 0) is 34.4 Å². The molecule has 1 amide bonds. The first-order valence-electron chi connectivity index (χ1n) is 13.9. The lowest BCUT2D eigenvalue weighted by Crippen LogP contribution is -2.57. The first-order chi connectivity index (χ1) is 18.9. The van der Waals surface area contributed by atoms with Gasteiger partial charge in [0, 0.05) is 11.5 Å². The van der Waals surface area contributed by atoms with Gasteiger partial charge in [-0.3, -0.25) is 4.79 Å². The third-order valence-corrected chi connectivity index (χ3v) is 8.33. The molecule has 0 radical (unpaired) electrons. The van der Waals surface area contributed by atoms with Crippen molar-refractivity contribution in [3.8, 4) is 11.5 Å². The highest BCUT2D eigenvalue weighted by Crippen LogP contribution is 2.47. The van der Waals surface area contributed by atoms with Gasteiger partial charge in [-0.25, -0.2) is 4.79 Å². The number of methoxy groups -OCH3 is 1. The summed E-state index contributed by atoms with van der Waals surface area (Å²) in [5, 5.41) is 3.26. The number of ether oxygens (including phenoxy) is 3. The molecule has 1 N–H and O–H groups in total. The zero-order chi connectivity index (χ0) is 27.2. The second-order valence-corrected chi connectivity index (χ2v) is 11.0. The second kappa shape index (κ2) is 11.9. The number of carbonyl (C=O) groups excluding carboxylic acids is 2. The number of hydrogen-bond acceptors (Lipinski definition) is 5. The normalized spacial score (nSPS) is 22.0. The third-order valence-electron chi connectivity index (χ3n) is 8.33. The largest absolute Gasteiger partial charge is 0.497 e. The van der Waals surface area contributed by atoms with E-state index in [1.165, 1.54) is 12.0 Å². The fourth-order valence-corrected chi connectivity index (χ4v) is 6.30. The molecular weight excluding hydrogens is 490 g/mol. The van der Waals surface area contributed by atoms with Crippen LogP contribution in [0.1, 0.15) is 61.3 Å². The van der Waals surface area contributed by atoms with Gasteiger partial charge in [0.05, 0.1) is 13.5 Å². The first kappa shape index (κ1) is 26.8. The van der Waals surface area contributed by atoms with Crippen LogP contribution in [0.4, 0.5) is 4.79 Å². The molecule has 2 aliphatic carbocycles. The second-order valence-electron chi connectivity index (χ2n) is 11.0. The monoisotopic (exact) mass is 527 g/mol. The van der Waals surface area contributed by atoms with Crippen LogP contribution in [0.2, 0.25) is 0 Å². The maximum Gasteiger partial charge on any atom is 0.407 e. The van der Waals surface area contributed by atoms with Crippen LogP contribution in [0.15, 0.2) is 72.8 Å². The molecule has 6 nitrogen and oxygen atoms in total. The standard InChI is InChI=1S/C33H37NO5/c1-33-18-8-4-7-11-26(31(33)34-32(36)38-22-24-9-5-3-6-10-24)20-25-14-17-28(21-29(25)33)39-30(35)19-23-12-15-27(37-2)16-13-23/h3,5-6,9-10,12-17,21,26,31H,4,7-8,11,18-20,22H2,1-2H3,(H,34,36)/t26-,31-,33+/m0/s1. The van der Waals surface area contributed by atoms with Gasteiger partial charge in [-0.1, -0.05) is 74.7 Å². The zero-order valence-corrected chi connectivity index (χ0v) is 22.8. The lowest BCUT2D eigenvalue weighted by Gasteiger charge is -2.49. The molecule has 2 bridgehead atoms. The van der Waals surface area contributed by atoms with Gasteiger partial charge in [0.2, 0.25) is 0 Å². The molecule has 0 aromatic heterocycles. The Bertz CT molecular complexity index is 1290. The molecule has 2 aliphatic rings. The lowest BCUT2D eigenvalue weighted by molar-refractivity contribution is -0.133. The van der Waals surface area contributed by atoms with Gasteiger partial charge in [-0.2, -0.15) is 0 Å². The van der Waals surface area contributed by atoms with E-state index in [4.69, 9.17) is 14.2 Å². The summed E-state index contributed by atoms with van der Waals surface area (Å²) in [5.74, 6) is 1.31. The summed E-state index contributed by atoms with van der Waals surface area (Å²) in [5.41, 5.74) is 3.97. The topological polar surface area (TPSA) is 73.9 Å². The van der Waals surface area contributed by atoms with Crippen LogP contribution in [0.5, 0.6) is 11.5 Å². The molecule has 0 aliphatic heterocycles. The molecule has 1 fully saturated rings. The van der Waals surface area contributed by atoms with Crippen molar-refractivity contribution in [1.29, 1.82) is 0 Å². The molecule has 0 unspecified atom stereocenters. The predicted molar refractivity (Wildman–Crippen MR) is 150 cm³/mol. The molecule has 3 atom stereocenters. The Hall–Kier alpha value is -3.80. The predicted octanol–water partition coefficient (Wildman–Crippen LogP) is 6.53. The van der Waals surface area contributed by atoms with E-state index in [-0.39, 0.29) is 36.5 Å². The number of fused-ring (bicyclic) bond motifs is 4. The van der Waals surface area contributed by atoms with Crippen molar-refractivity contribution in [1.82, 2.24) is 5.32 Å². The number of benzene rings is 3. The van der Waals surface area contributed by atoms with E-state index >= 15 is 0 Å². The highest BCUT2D eigenvalue weighted by atomic mass is 16.5. The van der Waals surface area contributed by atoms with E-state index in [0.717, 1.165) is 54.5 Å². The van der Waals surface area contributed by atoms with Crippen molar-refractivity contribution in [3.05, 3.63) is 95.1 Å². The minimum atomic E-state index is -0.383. The van der Waals surface area contributed by atoms with Gasteiger partial charge in [0.1, 0.15) is 18.1 Å². The van der Waals surface area contributed by atoms with Gasteiger partial charge >= 0.3 is 12.1 Å². The molecule has 0 heterocycles. The molecule has 3 aromatic rings. The van der Waals surface area contributed by atoms with Crippen molar-refractivity contribution in [2.45, 2.75) is 69.9 Å². The van der Waals surface area contributed by atoms with Crippen LogP contribution >= 0.6 is 0 Å². The lowest BCUT2D eigenvalue weighted by atomic mass is 9.59. The maximum absolute atomic E-state index is 13.0. The van der Waals surface area contributed by atoms with E-state index in [1.807, 2.05) is 66.7 Å². The van der Waals surface area contributed by atoms with E-state index in [0.29, 0.717) is 11.7 Å². The first-order valence-corrected chi connectivity index (χ1v) is 13.9. The average molecular weight is 528 g/mol. The highest BCUT2D eigenvalue weighted by molar-refractivity contribution is 5.75. The molecule has 5 rings (SSSR count). The number of esters is 1. The van der Waals surface area contributed by atoms with Crippen molar-refractivity contribution in [3.63, 3.8) is 0 Å². The van der Waals surface area contributed by atoms with Crippen LogP contribution < -0.4 is 14.8 Å². The summed E-state index contributed by atoms with van der Waals surface area (Å²) >= 11 is 0. The minimum Gasteiger partial charge on any atom is -0.497 e. The Morgan fingerprint density at radius 3 is 2.46 bits per heavy atom. The van der Waals surface area contributed by atoms with Crippen molar-refractivity contribution >= 4 is 12.1 Å². The molecule has 1 saturated carbocycles. The highest BCUT2D eigenvalue weighted by Gasteiger charge is 2.46. The van der Waals surface area contributed by atoms with Gasteiger partial charge in [-0.05, 0) is 71.7 Å². The quantitative estimate of drug-likeness (QED) is 0.279. The maximum atomic E-state index is 13.0. The Morgan fingerprint density at radius 1 is 0.923 bits per heavy atom. The summed E-state index contributed by atoms with van der Waals surface area (Å²) in [7, 11) is 1.62. The molecule has 6 heteroatoms. The molecule has 0 saturated heterocycles. The molecule has 3 aromatic carbocycles. The van der Waals surface area contributed by atoms with Crippen LogP contribution in [0.25, 0.3) is 0 Å². The third kappa shape index (κ3) is 6.27. The average Bonchev–Trinajstić information content (AvgIpc) is 2.94. The fourth-order valence-electron chi connectivity index (χ4n) is 6.30. The Morgan fingerprint density at radius 2 is 1.69 bits per heavy atom. The van der Waals surface area contributed by atoms with E-state index in [2.05, 4.69) is 18.3 Å². The summed E-state index contributed by atoms with van der Waals surface area (Å²) in [6, 6.07) is 23.1. The molecule has 204 valence electrons. The number of rotatable bonds is 7. The number of amides is 1. The zero-order valence-electron chi connectivity index (χ0n) is 22.8. The molecule has 0 spiro atoms. The van der Waals surface area contributed by atoms with E-state index < -0.39 is 0 Å². The smallest absolute Gasteiger partial charge is 0.407 e. The summed E-state index contributed by atoms with van der Waals surface area (Å²) in [4.78, 5) is 25.8. The van der Waals surface area contributed by atoms with Crippen molar-refractivity contribution < 1.29 is 23.8 Å². The number of alkyl carbamates (subject to hydrolysis) is 1. The van der Waals surface area contributed by atoms with Crippen molar-refractivity contribution in [2.75, 3.05) is 7.11 Å². The van der Waals surface area contributed by atoms with Crippen molar-refractivity contribution in [2.24, 2.45) is 5.92 Å². The SMILES string of the molecule is COc1ccc(CC(=O)Oc2ccc3c(c2)[C@@]2(C)CCCCC[C@@H](C3)[C@@H]2NC(=O)OCc2ccccc2)cc1. The van der Waals surface area contributed by atoms with Crippen LogP contribution in [-0.4, -0.2) is 25.2 Å². The van der Waals surface area contributed by atoms with E-state index in [9.17, 15) is 9.59 Å². The number of carbonyl (C=O) groups is 2. The van der Waals surface area contributed by atoms with Gasteiger partial charge in [0.25, 0.3) is 0 Å².